The van der Waals surface area contributed by atoms with Gasteiger partial charge in [-0.05, 0) is 86.5 Å². The highest BCUT2D eigenvalue weighted by molar-refractivity contribution is 5.91. The number of allylic oxidation sites excluding steroid dienone is 1. The van der Waals surface area contributed by atoms with Gasteiger partial charge in [-0.15, -0.1) is 0 Å². The van der Waals surface area contributed by atoms with Crippen molar-refractivity contribution in [1.82, 2.24) is 0 Å². The first kappa shape index (κ1) is 14.0. The van der Waals surface area contributed by atoms with Gasteiger partial charge in [0, 0.05) is 6.42 Å². The van der Waals surface area contributed by atoms with Crippen molar-refractivity contribution in [2.45, 2.75) is 77.6 Å². The zero-order valence-corrected chi connectivity index (χ0v) is 13.6. The highest BCUT2D eigenvalue weighted by Gasteiger charge is 2.53. The van der Waals surface area contributed by atoms with Gasteiger partial charge in [-0.3, -0.25) is 4.79 Å². The van der Waals surface area contributed by atoms with E-state index in [1.165, 1.54) is 69.8 Å². The molecule has 0 aromatic carbocycles. The van der Waals surface area contributed by atoms with Crippen LogP contribution in [0.25, 0.3) is 0 Å². The van der Waals surface area contributed by atoms with E-state index in [2.05, 4.69) is 6.92 Å². The maximum Gasteiger partial charge on any atom is 0.155 e. The molecular formula is C20H30O. The molecule has 0 aromatic heterocycles. The Morgan fingerprint density at radius 2 is 2.00 bits per heavy atom. The molecule has 0 aliphatic heterocycles. The summed E-state index contributed by atoms with van der Waals surface area (Å²) in [6.07, 6.45) is 16.9. The molecule has 1 heteroatoms. The Kier molecular flexibility index (Phi) is 3.51. The summed E-state index contributed by atoms with van der Waals surface area (Å²) in [4.78, 5) is 11.7. The molecule has 4 aliphatic carbocycles. The van der Waals surface area contributed by atoms with Crippen molar-refractivity contribution in [3.8, 4) is 0 Å². The fraction of sp³-hybridized carbons (Fsp3) is 0.850. The van der Waals surface area contributed by atoms with Gasteiger partial charge in [0.25, 0.3) is 0 Å². The second-order valence-electron chi connectivity index (χ2n) is 8.35. The van der Waals surface area contributed by atoms with Crippen LogP contribution >= 0.6 is 0 Å². The number of hydrogen-bond acceptors (Lipinski definition) is 1. The lowest BCUT2D eigenvalue weighted by atomic mass is 9.51. The standard InChI is InChI=1S/C20H30O/c1-2-10-20-11-3-4-19(20)18-7-5-14-13-15(21)6-8-16(14)17(18)9-12-20/h13,16-19H,2-12H2,1H3/t16-,17+,18+,19-,20-/m0/s1. The van der Waals surface area contributed by atoms with Crippen LogP contribution in [0.5, 0.6) is 0 Å². The number of fused-ring (bicyclic) bond motifs is 5. The van der Waals surface area contributed by atoms with Crippen LogP contribution in [-0.2, 0) is 4.79 Å². The predicted octanol–water partition coefficient (Wildman–Crippen LogP) is 5.30. The molecule has 0 unspecified atom stereocenters. The molecule has 0 aromatic rings. The molecule has 4 aliphatic rings. The SMILES string of the molecule is CCC[C@@]12CCC[C@H]1[C@@H]1CCC3=CC(=O)CC[C@@H]3[C@H]1CC2. The molecule has 3 fully saturated rings. The Bertz CT molecular complexity index is 462. The molecular weight excluding hydrogens is 256 g/mol. The van der Waals surface area contributed by atoms with Gasteiger partial charge in [0.1, 0.15) is 0 Å². The summed E-state index contributed by atoms with van der Waals surface area (Å²) in [5.74, 6) is 4.11. The van der Waals surface area contributed by atoms with Gasteiger partial charge in [-0.1, -0.05) is 25.3 Å². The van der Waals surface area contributed by atoms with E-state index in [9.17, 15) is 4.79 Å². The lowest BCUT2D eigenvalue weighted by Gasteiger charge is -2.54. The Labute approximate surface area is 129 Å². The van der Waals surface area contributed by atoms with Crippen LogP contribution in [0.2, 0.25) is 0 Å². The Balaban J connectivity index is 1.60. The molecule has 0 N–H and O–H groups in total. The average Bonchev–Trinajstić information content (AvgIpc) is 2.90. The molecule has 5 atom stereocenters. The molecule has 0 spiro atoms. The quantitative estimate of drug-likeness (QED) is 0.673. The Morgan fingerprint density at radius 3 is 2.86 bits per heavy atom. The van der Waals surface area contributed by atoms with E-state index in [1.54, 1.807) is 0 Å². The molecule has 0 saturated heterocycles. The van der Waals surface area contributed by atoms with Crippen molar-refractivity contribution in [2.75, 3.05) is 0 Å². The van der Waals surface area contributed by atoms with Crippen LogP contribution in [0, 0.1) is 29.1 Å². The number of carbonyl (C=O) groups excluding carboxylic acids is 1. The third kappa shape index (κ3) is 2.14. The summed E-state index contributed by atoms with van der Waals surface area (Å²) in [6, 6.07) is 0. The first-order valence-corrected chi connectivity index (χ1v) is 9.47. The van der Waals surface area contributed by atoms with Crippen molar-refractivity contribution in [2.24, 2.45) is 29.1 Å². The highest BCUT2D eigenvalue weighted by Crippen LogP contribution is 2.63. The third-order valence-corrected chi connectivity index (χ3v) is 7.57. The summed E-state index contributed by atoms with van der Waals surface area (Å²) in [5, 5.41) is 0. The number of rotatable bonds is 2. The Morgan fingerprint density at radius 1 is 1.10 bits per heavy atom. The number of ketones is 1. The van der Waals surface area contributed by atoms with Crippen LogP contribution in [-0.4, -0.2) is 5.78 Å². The normalized spacial score (nSPS) is 45.6. The molecule has 4 rings (SSSR count). The van der Waals surface area contributed by atoms with E-state index < -0.39 is 0 Å². The summed E-state index contributed by atoms with van der Waals surface area (Å²) in [7, 11) is 0. The second kappa shape index (κ2) is 5.25. The summed E-state index contributed by atoms with van der Waals surface area (Å²) in [5.41, 5.74) is 2.26. The fourth-order valence-electron chi connectivity index (χ4n) is 6.91. The van der Waals surface area contributed by atoms with E-state index in [4.69, 9.17) is 0 Å². The zero-order chi connectivity index (χ0) is 14.4. The third-order valence-electron chi connectivity index (χ3n) is 7.57. The minimum Gasteiger partial charge on any atom is -0.295 e. The van der Waals surface area contributed by atoms with Crippen molar-refractivity contribution in [3.05, 3.63) is 11.6 Å². The van der Waals surface area contributed by atoms with E-state index in [-0.39, 0.29) is 0 Å². The fourth-order valence-corrected chi connectivity index (χ4v) is 6.91. The highest BCUT2D eigenvalue weighted by atomic mass is 16.1. The summed E-state index contributed by atoms with van der Waals surface area (Å²) in [6.45, 7) is 2.38. The number of carbonyl (C=O) groups is 1. The van der Waals surface area contributed by atoms with E-state index in [1.807, 2.05) is 6.08 Å². The van der Waals surface area contributed by atoms with E-state index in [0.717, 1.165) is 35.5 Å². The minimum absolute atomic E-state index is 0.400. The van der Waals surface area contributed by atoms with Crippen LogP contribution in [0.3, 0.4) is 0 Å². The van der Waals surface area contributed by atoms with Gasteiger partial charge in [0.2, 0.25) is 0 Å². The van der Waals surface area contributed by atoms with Crippen LogP contribution in [0.15, 0.2) is 11.6 Å². The minimum atomic E-state index is 0.400. The lowest BCUT2D eigenvalue weighted by Crippen LogP contribution is -2.45. The van der Waals surface area contributed by atoms with Gasteiger partial charge < -0.3 is 0 Å². The molecule has 0 amide bonds. The van der Waals surface area contributed by atoms with Crippen LogP contribution < -0.4 is 0 Å². The van der Waals surface area contributed by atoms with E-state index >= 15 is 0 Å². The molecule has 116 valence electrons. The van der Waals surface area contributed by atoms with Gasteiger partial charge in [0.05, 0.1) is 0 Å². The summed E-state index contributed by atoms with van der Waals surface area (Å²) >= 11 is 0. The lowest BCUT2D eigenvalue weighted by molar-refractivity contribution is -0.116. The molecule has 0 bridgehead atoms. The zero-order valence-electron chi connectivity index (χ0n) is 13.6. The van der Waals surface area contributed by atoms with Crippen LogP contribution in [0.4, 0.5) is 0 Å². The van der Waals surface area contributed by atoms with Crippen molar-refractivity contribution < 1.29 is 4.79 Å². The maximum atomic E-state index is 11.7. The Hall–Kier alpha value is -0.590. The van der Waals surface area contributed by atoms with Crippen molar-refractivity contribution in [3.63, 3.8) is 0 Å². The first-order chi connectivity index (χ1) is 10.2. The number of hydrogen-bond donors (Lipinski definition) is 0. The topological polar surface area (TPSA) is 17.1 Å². The molecule has 0 radical (unpaired) electrons. The largest absolute Gasteiger partial charge is 0.295 e. The molecule has 0 heterocycles. The molecule has 21 heavy (non-hydrogen) atoms. The summed E-state index contributed by atoms with van der Waals surface area (Å²) < 4.78 is 0. The van der Waals surface area contributed by atoms with Gasteiger partial charge >= 0.3 is 0 Å². The van der Waals surface area contributed by atoms with Crippen molar-refractivity contribution >= 4 is 5.78 Å². The average molecular weight is 286 g/mol. The van der Waals surface area contributed by atoms with Gasteiger partial charge in [-0.2, -0.15) is 0 Å². The molecule has 1 nitrogen and oxygen atoms in total. The molecule has 3 saturated carbocycles. The van der Waals surface area contributed by atoms with Crippen LogP contribution in [0.1, 0.15) is 77.6 Å². The monoisotopic (exact) mass is 286 g/mol. The van der Waals surface area contributed by atoms with Gasteiger partial charge in [-0.25, -0.2) is 0 Å². The van der Waals surface area contributed by atoms with Crippen molar-refractivity contribution in [1.29, 1.82) is 0 Å². The van der Waals surface area contributed by atoms with Gasteiger partial charge in [0.15, 0.2) is 5.78 Å². The predicted molar refractivity (Wildman–Crippen MR) is 85.9 cm³/mol. The maximum absolute atomic E-state index is 11.7. The van der Waals surface area contributed by atoms with E-state index in [0.29, 0.717) is 5.78 Å². The first-order valence-electron chi connectivity index (χ1n) is 9.47. The second-order valence-corrected chi connectivity index (χ2v) is 8.35. The smallest absolute Gasteiger partial charge is 0.155 e.